The second-order valence-electron chi connectivity index (χ2n) is 6.01. The maximum atomic E-state index is 12.2. The molecule has 1 aromatic heterocycles. The molecular formula is C17H20ClN3O3. The van der Waals surface area contributed by atoms with Gasteiger partial charge in [-0.25, -0.2) is 4.79 Å². The molecule has 0 bridgehead atoms. The lowest BCUT2D eigenvalue weighted by molar-refractivity contribution is -0.139. The van der Waals surface area contributed by atoms with Gasteiger partial charge in [0.15, 0.2) is 0 Å². The molecule has 1 atom stereocenters. The smallest absolute Gasteiger partial charge is 0.326 e. The Hall–Kier alpha value is -2.34. The molecule has 0 unspecified atom stereocenters. The first-order chi connectivity index (χ1) is 11.4. The quantitative estimate of drug-likeness (QED) is 0.805. The number of carboxylic acid groups (broad SMARTS) is 1. The number of nitrogens with zero attached hydrogens (tertiary/aromatic N) is 2. The monoisotopic (exact) mass is 349 g/mol. The van der Waals surface area contributed by atoms with Crippen molar-refractivity contribution in [3.8, 4) is 0 Å². The van der Waals surface area contributed by atoms with Gasteiger partial charge >= 0.3 is 5.97 Å². The summed E-state index contributed by atoms with van der Waals surface area (Å²) < 4.78 is 1.59. The fourth-order valence-electron chi connectivity index (χ4n) is 2.30. The van der Waals surface area contributed by atoms with Crippen molar-refractivity contribution in [3.05, 3.63) is 52.8 Å². The van der Waals surface area contributed by atoms with Gasteiger partial charge in [-0.3, -0.25) is 9.48 Å². The summed E-state index contributed by atoms with van der Waals surface area (Å²) in [7, 11) is 0. The van der Waals surface area contributed by atoms with Gasteiger partial charge in [-0.05, 0) is 24.0 Å². The van der Waals surface area contributed by atoms with Crippen LogP contribution >= 0.6 is 11.6 Å². The Kier molecular flexibility index (Phi) is 5.98. The summed E-state index contributed by atoms with van der Waals surface area (Å²) in [4.78, 5) is 23.5. The van der Waals surface area contributed by atoms with Gasteiger partial charge < -0.3 is 10.4 Å². The zero-order valence-electron chi connectivity index (χ0n) is 13.6. The number of halogens is 1. The van der Waals surface area contributed by atoms with Crippen molar-refractivity contribution >= 4 is 23.5 Å². The fraction of sp³-hybridized carbons (Fsp3) is 0.353. The first kappa shape index (κ1) is 18.0. The molecule has 0 aliphatic rings. The van der Waals surface area contributed by atoms with Crippen molar-refractivity contribution < 1.29 is 14.7 Å². The zero-order chi connectivity index (χ0) is 17.7. The summed E-state index contributed by atoms with van der Waals surface area (Å²) in [5.41, 5.74) is 1.20. The molecule has 0 spiro atoms. The summed E-state index contributed by atoms with van der Waals surface area (Å²) in [6, 6.07) is 6.48. The lowest BCUT2D eigenvalue weighted by Crippen LogP contribution is -2.41. The highest BCUT2D eigenvalue weighted by Gasteiger charge is 2.22. The number of aliphatic carboxylic acids is 1. The Balaban J connectivity index is 2.05. The Labute approximate surface area is 145 Å². The van der Waals surface area contributed by atoms with E-state index in [4.69, 9.17) is 11.6 Å². The van der Waals surface area contributed by atoms with E-state index < -0.39 is 17.9 Å². The van der Waals surface area contributed by atoms with Gasteiger partial charge in [0.2, 0.25) is 0 Å². The molecule has 0 aliphatic carbocycles. The Morgan fingerprint density at radius 3 is 2.67 bits per heavy atom. The molecule has 1 aromatic carbocycles. The predicted molar refractivity (Wildman–Crippen MR) is 91.1 cm³/mol. The van der Waals surface area contributed by atoms with Crippen LogP contribution in [0.3, 0.4) is 0 Å². The number of hydrogen-bond acceptors (Lipinski definition) is 3. The molecule has 1 amide bonds. The van der Waals surface area contributed by atoms with Gasteiger partial charge in [-0.2, -0.15) is 5.10 Å². The molecule has 24 heavy (non-hydrogen) atoms. The van der Waals surface area contributed by atoms with Crippen LogP contribution in [0.2, 0.25) is 5.02 Å². The van der Waals surface area contributed by atoms with Crippen molar-refractivity contribution in [1.82, 2.24) is 15.1 Å². The van der Waals surface area contributed by atoms with Crippen molar-refractivity contribution in [2.45, 2.75) is 32.9 Å². The number of amides is 1. The van der Waals surface area contributed by atoms with Gasteiger partial charge in [-0.15, -0.1) is 0 Å². The van der Waals surface area contributed by atoms with Crippen LogP contribution in [-0.4, -0.2) is 32.8 Å². The van der Waals surface area contributed by atoms with E-state index in [0.717, 1.165) is 5.56 Å². The maximum absolute atomic E-state index is 12.2. The summed E-state index contributed by atoms with van der Waals surface area (Å²) in [6.07, 6.45) is 3.36. The number of rotatable bonds is 7. The highest BCUT2D eigenvalue weighted by Crippen LogP contribution is 2.16. The second-order valence-corrected chi connectivity index (χ2v) is 6.42. The van der Waals surface area contributed by atoms with Gasteiger partial charge in [0, 0.05) is 11.2 Å². The van der Waals surface area contributed by atoms with E-state index in [-0.39, 0.29) is 5.92 Å². The Morgan fingerprint density at radius 1 is 1.33 bits per heavy atom. The molecular weight excluding hydrogens is 330 g/mol. The van der Waals surface area contributed by atoms with E-state index in [0.29, 0.717) is 23.6 Å². The third-order valence-corrected chi connectivity index (χ3v) is 3.86. The largest absolute Gasteiger partial charge is 0.480 e. The van der Waals surface area contributed by atoms with Gasteiger partial charge in [0.1, 0.15) is 6.04 Å². The lowest BCUT2D eigenvalue weighted by atomic mass is 10.0. The number of carbonyl (C=O) groups excluding carboxylic acids is 1. The van der Waals surface area contributed by atoms with Crippen LogP contribution in [0, 0.1) is 5.92 Å². The maximum Gasteiger partial charge on any atom is 0.326 e. The molecule has 7 heteroatoms. The molecule has 0 saturated heterocycles. The zero-order valence-corrected chi connectivity index (χ0v) is 14.3. The number of nitrogens with one attached hydrogen (secondary N) is 1. The fourth-order valence-corrected chi connectivity index (χ4v) is 2.50. The van der Waals surface area contributed by atoms with E-state index in [9.17, 15) is 14.7 Å². The molecule has 128 valence electrons. The third kappa shape index (κ3) is 4.83. The minimum atomic E-state index is -1.04. The van der Waals surface area contributed by atoms with Crippen LogP contribution in [0.25, 0.3) is 0 Å². The highest BCUT2D eigenvalue weighted by molar-refractivity contribution is 6.31. The Bertz CT molecular complexity index is 727. The van der Waals surface area contributed by atoms with E-state index in [1.54, 1.807) is 16.9 Å². The molecule has 0 saturated carbocycles. The first-order valence-electron chi connectivity index (χ1n) is 7.66. The standard InChI is InChI=1S/C17H20ClN3O3/c1-11(2)7-15(17(23)24)20-16(22)13-8-19-21(10-13)9-12-5-3-4-6-14(12)18/h3-6,8,10-11,15H,7,9H2,1-2H3,(H,20,22)(H,23,24)/t15-/m1/s1. The first-order valence-corrected chi connectivity index (χ1v) is 8.04. The summed E-state index contributed by atoms with van der Waals surface area (Å²) in [5, 5.41) is 16.5. The normalized spacial score (nSPS) is 12.2. The summed E-state index contributed by atoms with van der Waals surface area (Å²) in [5.74, 6) is -1.33. The number of aromatic nitrogens is 2. The van der Waals surface area contributed by atoms with E-state index in [2.05, 4.69) is 10.4 Å². The number of carbonyl (C=O) groups is 2. The van der Waals surface area contributed by atoms with E-state index >= 15 is 0 Å². The van der Waals surface area contributed by atoms with Crippen molar-refractivity contribution in [2.75, 3.05) is 0 Å². The molecule has 2 rings (SSSR count). The van der Waals surface area contributed by atoms with Crippen molar-refractivity contribution in [2.24, 2.45) is 5.92 Å². The second kappa shape index (κ2) is 7.97. The number of benzene rings is 1. The van der Waals surface area contributed by atoms with Crippen LogP contribution in [0.4, 0.5) is 0 Å². The van der Waals surface area contributed by atoms with E-state index in [1.807, 2.05) is 32.0 Å². The average Bonchev–Trinajstić information content (AvgIpc) is 2.97. The minimum Gasteiger partial charge on any atom is -0.480 e. The molecule has 0 fully saturated rings. The minimum absolute atomic E-state index is 0.161. The van der Waals surface area contributed by atoms with Crippen LogP contribution in [0.1, 0.15) is 36.2 Å². The van der Waals surface area contributed by atoms with Crippen LogP contribution in [-0.2, 0) is 11.3 Å². The molecule has 1 heterocycles. The molecule has 2 N–H and O–H groups in total. The average molecular weight is 350 g/mol. The van der Waals surface area contributed by atoms with Crippen LogP contribution in [0.5, 0.6) is 0 Å². The SMILES string of the molecule is CC(C)C[C@@H](NC(=O)c1cnn(Cc2ccccc2Cl)c1)C(=O)O. The third-order valence-electron chi connectivity index (χ3n) is 3.50. The molecule has 6 nitrogen and oxygen atoms in total. The topological polar surface area (TPSA) is 84.2 Å². The van der Waals surface area contributed by atoms with Gasteiger partial charge in [0.25, 0.3) is 5.91 Å². The van der Waals surface area contributed by atoms with E-state index in [1.165, 1.54) is 6.20 Å². The van der Waals surface area contributed by atoms with Crippen molar-refractivity contribution in [3.63, 3.8) is 0 Å². The van der Waals surface area contributed by atoms with Gasteiger partial charge in [0.05, 0.1) is 18.3 Å². The summed E-state index contributed by atoms with van der Waals surface area (Å²) in [6.45, 7) is 4.24. The predicted octanol–water partition coefficient (Wildman–Crippen LogP) is 2.81. The van der Waals surface area contributed by atoms with Crippen LogP contribution < -0.4 is 5.32 Å². The Morgan fingerprint density at radius 2 is 2.04 bits per heavy atom. The van der Waals surface area contributed by atoms with Gasteiger partial charge in [-0.1, -0.05) is 43.6 Å². The van der Waals surface area contributed by atoms with Crippen molar-refractivity contribution in [1.29, 1.82) is 0 Å². The molecule has 0 radical (unpaired) electrons. The summed E-state index contributed by atoms with van der Waals surface area (Å²) >= 11 is 6.11. The molecule has 0 aliphatic heterocycles. The lowest BCUT2D eigenvalue weighted by Gasteiger charge is -2.15. The molecule has 2 aromatic rings. The highest BCUT2D eigenvalue weighted by atomic mass is 35.5. The van der Waals surface area contributed by atoms with Crippen LogP contribution in [0.15, 0.2) is 36.7 Å². The number of carboxylic acids is 1. The number of hydrogen-bond donors (Lipinski definition) is 2.